The Morgan fingerprint density at radius 2 is 2.19 bits per heavy atom. The molecule has 0 bridgehead atoms. The van der Waals surface area contributed by atoms with Gasteiger partial charge in [-0.1, -0.05) is 6.07 Å². The number of pyridine rings is 2. The van der Waals surface area contributed by atoms with E-state index in [4.69, 9.17) is 0 Å². The van der Waals surface area contributed by atoms with Crippen LogP contribution in [0.25, 0.3) is 0 Å². The van der Waals surface area contributed by atoms with Crippen LogP contribution in [-0.2, 0) is 6.54 Å². The van der Waals surface area contributed by atoms with Crippen molar-refractivity contribution in [3.8, 4) is 0 Å². The van der Waals surface area contributed by atoms with Gasteiger partial charge in [0.15, 0.2) is 0 Å². The lowest BCUT2D eigenvalue weighted by Crippen LogP contribution is -2.02. The first-order valence-corrected chi connectivity index (χ1v) is 5.02. The molecule has 0 aromatic carbocycles. The highest BCUT2D eigenvalue weighted by atomic mass is 19.1. The third-order valence-electron chi connectivity index (χ3n) is 2.15. The predicted molar refractivity (Wildman–Crippen MR) is 60.5 cm³/mol. The summed E-state index contributed by atoms with van der Waals surface area (Å²) in [5, 5.41) is 3.09. The summed E-state index contributed by atoms with van der Waals surface area (Å²) >= 11 is 0. The summed E-state index contributed by atoms with van der Waals surface area (Å²) in [4.78, 5) is 7.83. The molecule has 3 nitrogen and oxygen atoms in total. The first kappa shape index (κ1) is 10.5. The third-order valence-corrected chi connectivity index (χ3v) is 2.15. The topological polar surface area (TPSA) is 37.8 Å². The second-order valence-electron chi connectivity index (χ2n) is 3.49. The molecule has 2 heterocycles. The SMILES string of the molecule is Cc1cccc(CNc2ccnc(F)c2)n1. The Morgan fingerprint density at radius 3 is 2.94 bits per heavy atom. The van der Waals surface area contributed by atoms with E-state index < -0.39 is 5.95 Å². The molecule has 0 aliphatic carbocycles. The molecule has 2 rings (SSSR count). The van der Waals surface area contributed by atoms with E-state index >= 15 is 0 Å². The molecule has 82 valence electrons. The van der Waals surface area contributed by atoms with Gasteiger partial charge in [-0.2, -0.15) is 4.39 Å². The molecule has 0 unspecified atom stereocenters. The molecule has 0 spiro atoms. The molecular formula is C12H12FN3. The van der Waals surface area contributed by atoms with Gasteiger partial charge in [0.05, 0.1) is 12.2 Å². The van der Waals surface area contributed by atoms with Gasteiger partial charge in [-0.05, 0) is 25.1 Å². The number of rotatable bonds is 3. The van der Waals surface area contributed by atoms with E-state index in [0.29, 0.717) is 12.2 Å². The van der Waals surface area contributed by atoms with Crippen LogP contribution in [0.4, 0.5) is 10.1 Å². The lowest BCUT2D eigenvalue weighted by molar-refractivity contribution is 0.584. The van der Waals surface area contributed by atoms with Gasteiger partial charge in [-0.3, -0.25) is 4.98 Å². The summed E-state index contributed by atoms with van der Waals surface area (Å²) in [5.41, 5.74) is 2.60. The van der Waals surface area contributed by atoms with Gasteiger partial charge in [-0.25, -0.2) is 4.98 Å². The second kappa shape index (κ2) is 4.70. The molecule has 0 saturated heterocycles. The molecule has 2 aromatic rings. The zero-order valence-corrected chi connectivity index (χ0v) is 8.94. The predicted octanol–water partition coefficient (Wildman–Crippen LogP) is 2.54. The first-order valence-electron chi connectivity index (χ1n) is 5.02. The Balaban J connectivity index is 2.02. The highest BCUT2D eigenvalue weighted by Crippen LogP contribution is 2.08. The van der Waals surface area contributed by atoms with Gasteiger partial charge in [0.2, 0.25) is 5.95 Å². The molecule has 0 aliphatic rings. The monoisotopic (exact) mass is 217 g/mol. The fourth-order valence-corrected chi connectivity index (χ4v) is 1.40. The van der Waals surface area contributed by atoms with E-state index in [2.05, 4.69) is 15.3 Å². The van der Waals surface area contributed by atoms with Crippen molar-refractivity contribution in [1.29, 1.82) is 0 Å². The molecule has 16 heavy (non-hydrogen) atoms. The number of anilines is 1. The van der Waals surface area contributed by atoms with E-state index in [0.717, 1.165) is 11.4 Å². The molecule has 2 aromatic heterocycles. The van der Waals surface area contributed by atoms with Crippen molar-refractivity contribution in [1.82, 2.24) is 9.97 Å². The fourth-order valence-electron chi connectivity index (χ4n) is 1.40. The number of aryl methyl sites for hydroxylation is 1. The minimum atomic E-state index is -0.484. The normalized spacial score (nSPS) is 10.1. The lowest BCUT2D eigenvalue weighted by Gasteiger charge is -2.05. The summed E-state index contributed by atoms with van der Waals surface area (Å²) in [6.07, 6.45) is 1.43. The van der Waals surface area contributed by atoms with E-state index in [-0.39, 0.29) is 0 Å². The van der Waals surface area contributed by atoms with Crippen molar-refractivity contribution in [3.05, 3.63) is 53.9 Å². The maximum absolute atomic E-state index is 12.8. The Kier molecular flexibility index (Phi) is 3.10. The van der Waals surface area contributed by atoms with Gasteiger partial charge in [0, 0.05) is 23.6 Å². The van der Waals surface area contributed by atoms with Gasteiger partial charge in [0.1, 0.15) is 0 Å². The molecule has 1 N–H and O–H groups in total. The largest absolute Gasteiger partial charge is 0.379 e. The zero-order valence-electron chi connectivity index (χ0n) is 8.94. The summed E-state index contributed by atoms with van der Waals surface area (Å²) < 4.78 is 12.8. The van der Waals surface area contributed by atoms with Crippen LogP contribution in [0.1, 0.15) is 11.4 Å². The van der Waals surface area contributed by atoms with Crippen molar-refractivity contribution in [2.24, 2.45) is 0 Å². The van der Waals surface area contributed by atoms with Crippen molar-refractivity contribution >= 4 is 5.69 Å². The first-order chi connectivity index (χ1) is 7.74. The lowest BCUT2D eigenvalue weighted by atomic mass is 10.3. The Hall–Kier alpha value is -1.97. The maximum Gasteiger partial charge on any atom is 0.214 e. The van der Waals surface area contributed by atoms with Crippen LogP contribution in [0, 0.1) is 12.9 Å². The number of hydrogen-bond donors (Lipinski definition) is 1. The van der Waals surface area contributed by atoms with Crippen LogP contribution >= 0.6 is 0 Å². The minimum absolute atomic E-state index is 0.484. The standard InChI is InChI=1S/C12H12FN3/c1-9-3-2-4-11(16-9)8-15-10-5-6-14-12(13)7-10/h2-7H,8H2,1H3,(H,14,15). The Labute approximate surface area is 93.4 Å². The van der Waals surface area contributed by atoms with Crippen molar-refractivity contribution in [2.45, 2.75) is 13.5 Å². The number of nitrogens with one attached hydrogen (secondary N) is 1. The molecule has 0 fully saturated rings. The molecule has 0 saturated carbocycles. The van der Waals surface area contributed by atoms with E-state index in [1.165, 1.54) is 12.3 Å². The summed E-state index contributed by atoms with van der Waals surface area (Å²) in [6, 6.07) is 8.90. The Bertz CT molecular complexity index is 440. The van der Waals surface area contributed by atoms with Gasteiger partial charge in [-0.15, -0.1) is 0 Å². The van der Waals surface area contributed by atoms with Crippen LogP contribution < -0.4 is 5.32 Å². The van der Waals surface area contributed by atoms with E-state index in [1.54, 1.807) is 6.07 Å². The smallest absolute Gasteiger partial charge is 0.214 e. The Morgan fingerprint density at radius 1 is 1.31 bits per heavy atom. The van der Waals surface area contributed by atoms with Gasteiger partial charge < -0.3 is 5.32 Å². The van der Waals surface area contributed by atoms with Crippen LogP contribution in [0.2, 0.25) is 0 Å². The molecule has 0 radical (unpaired) electrons. The van der Waals surface area contributed by atoms with Crippen molar-refractivity contribution in [3.63, 3.8) is 0 Å². The molecule has 0 aliphatic heterocycles. The molecule has 0 atom stereocenters. The number of hydrogen-bond acceptors (Lipinski definition) is 3. The van der Waals surface area contributed by atoms with Crippen molar-refractivity contribution in [2.75, 3.05) is 5.32 Å². The third kappa shape index (κ3) is 2.76. The summed E-state index contributed by atoms with van der Waals surface area (Å²) in [6.45, 7) is 2.51. The van der Waals surface area contributed by atoms with E-state index in [9.17, 15) is 4.39 Å². The minimum Gasteiger partial charge on any atom is -0.379 e. The highest BCUT2D eigenvalue weighted by molar-refractivity contribution is 5.41. The summed E-state index contributed by atoms with van der Waals surface area (Å²) in [5.74, 6) is -0.484. The number of aromatic nitrogens is 2. The molecular weight excluding hydrogens is 205 g/mol. The zero-order chi connectivity index (χ0) is 11.4. The van der Waals surface area contributed by atoms with Crippen LogP contribution in [0.3, 0.4) is 0 Å². The van der Waals surface area contributed by atoms with Crippen LogP contribution in [0.15, 0.2) is 36.5 Å². The fraction of sp³-hybridized carbons (Fsp3) is 0.167. The maximum atomic E-state index is 12.8. The van der Waals surface area contributed by atoms with Crippen LogP contribution in [-0.4, -0.2) is 9.97 Å². The van der Waals surface area contributed by atoms with Gasteiger partial charge >= 0.3 is 0 Å². The highest BCUT2D eigenvalue weighted by Gasteiger charge is 1.97. The number of nitrogens with zero attached hydrogens (tertiary/aromatic N) is 2. The quantitative estimate of drug-likeness (QED) is 0.803. The average molecular weight is 217 g/mol. The summed E-state index contributed by atoms with van der Waals surface area (Å²) in [7, 11) is 0. The number of halogens is 1. The molecule has 4 heteroatoms. The van der Waals surface area contributed by atoms with Crippen LogP contribution in [0.5, 0.6) is 0 Å². The van der Waals surface area contributed by atoms with Gasteiger partial charge in [0.25, 0.3) is 0 Å². The van der Waals surface area contributed by atoms with Crippen molar-refractivity contribution < 1.29 is 4.39 Å². The second-order valence-corrected chi connectivity index (χ2v) is 3.49. The molecule has 0 amide bonds. The average Bonchev–Trinajstić information content (AvgIpc) is 2.27. The van der Waals surface area contributed by atoms with E-state index in [1.807, 2.05) is 25.1 Å².